The summed E-state index contributed by atoms with van der Waals surface area (Å²) in [5, 5.41) is 3.29. The Balaban J connectivity index is 1.77. The van der Waals surface area contributed by atoms with Crippen LogP contribution >= 0.6 is 0 Å². The number of hydrogen-bond acceptors (Lipinski definition) is 1. The van der Waals surface area contributed by atoms with Gasteiger partial charge in [-0.05, 0) is 38.0 Å². The number of hydrogen-bond donors (Lipinski definition) is 1. The van der Waals surface area contributed by atoms with Gasteiger partial charge in [0.2, 0.25) is 5.91 Å². The molecule has 1 N–H and O–H groups in total. The van der Waals surface area contributed by atoms with Crippen molar-refractivity contribution < 1.29 is 4.79 Å². The molecular weight excluding hydrogens is 210 g/mol. The smallest absolute Gasteiger partial charge is 0.223 e. The molecule has 2 unspecified atom stereocenters. The van der Waals surface area contributed by atoms with E-state index in [0.717, 1.165) is 18.8 Å². The monoisotopic (exact) mass is 237 g/mol. The first-order chi connectivity index (χ1) is 8.25. The normalized spacial score (nSPS) is 31.8. The quantitative estimate of drug-likeness (QED) is 0.780. The molecule has 0 aromatic heterocycles. The van der Waals surface area contributed by atoms with Crippen LogP contribution in [-0.4, -0.2) is 11.9 Å². The number of carbonyl (C=O) groups excluding carboxylic acids is 1. The van der Waals surface area contributed by atoms with E-state index >= 15 is 0 Å². The van der Waals surface area contributed by atoms with Crippen molar-refractivity contribution in [3.05, 3.63) is 0 Å². The first-order valence-corrected chi connectivity index (χ1v) is 7.56. The Kier molecular flexibility index (Phi) is 4.87. The molecule has 2 nitrogen and oxygen atoms in total. The number of nitrogens with one attached hydrogen (secondary N) is 1. The van der Waals surface area contributed by atoms with Crippen LogP contribution < -0.4 is 5.32 Å². The van der Waals surface area contributed by atoms with E-state index in [1.165, 1.54) is 51.4 Å². The third-order valence-electron chi connectivity index (χ3n) is 4.52. The molecule has 0 aliphatic heterocycles. The zero-order valence-corrected chi connectivity index (χ0v) is 11.2. The van der Waals surface area contributed by atoms with Gasteiger partial charge in [-0.25, -0.2) is 0 Å². The molecule has 17 heavy (non-hydrogen) atoms. The highest BCUT2D eigenvalue weighted by molar-refractivity contribution is 5.78. The Morgan fingerprint density at radius 3 is 2.18 bits per heavy atom. The minimum atomic E-state index is 0.311. The molecule has 2 aliphatic carbocycles. The molecule has 2 saturated carbocycles. The molecule has 0 aromatic carbocycles. The fourth-order valence-electron chi connectivity index (χ4n) is 3.38. The second-order valence-corrected chi connectivity index (χ2v) is 6.17. The van der Waals surface area contributed by atoms with Crippen LogP contribution in [0.3, 0.4) is 0 Å². The van der Waals surface area contributed by atoms with E-state index in [9.17, 15) is 4.79 Å². The molecule has 0 heterocycles. The fraction of sp³-hybridized carbons (Fsp3) is 0.933. The van der Waals surface area contributed by atoms with Crippen LogP contribution in [0.4, 0.5) is 0 Å². The summed E-state index contributed by atoms with van der Waals surface area (Å²) in [6.07, 6.45) is 12.4. The third kappa shape index (κ3) is 4.01. The van der Waals surface area contributed by atoms with Crippen LogP contribution in [-0.2, 0) is 4.79 Å². The highest BCUT2D eigenvalue weighted by atomic mass is 16.1. The van der Waals surface area contributed by atoms with Gasteiger partial charge in [-0.1, -0.05) is 39.0 Å². The standard InChI is InChI=1S/C15H27NO/c1-12-9-10-14(11-12)16-15(17)13-7-5-3-2-4-6-8-13/h12-14H,2-11H2,1H3,(H,16,17). The molecule has 1 amide bonds. The lowest BCUT2D eigenvalue weighted by molar-refractivity contribution is -0.126. The lowest BCUT2D eigenvalue weighted by atomic mass is 9.90. The van der Waals surface area contributed by atoms with Crippen molar-refractivity contribution in [3.63, 3.8) is 0 Å². The summed E-state index contributed by atoms with van der Waals surface area (Å²) >= 11 is 0. The highest BCUT2D eigenvalue weighted by Gasteiger charge is 2.26. The van der Waals surface area contributed by atoms with Crippen LogP contribution in [0.25, 0.3) is 0 Å². The first kappa shape index (κ1) is 12.9. The Bertz CT molecular complexity index is 243. The summed E-state index contributed by atoms with van der Waals surface area (Å²) in [5.74, 6) is 1.47. The van der Waals surface area contributed by atoms with E-state index in [1.54, 1.807) is 0 Å². The van der Waals surface area contributed by atoms with Gasteiger partial charge in [-0.15, -0.1) is 0 Å². The Labute approximate surface area is 106 Å². The number of carbonyl (C=O) groups is 1. The van der Waals surface area contributed by atoms with E-state index in [1.807, 2.05) is 0 Å². The van der Waals surface area contributed by atoms with E-state index in [4.69, 9.17) is 0 Å². The van der Waals surface area contributed by atoms with Crippen molar-refractivity contribution in [3.8, 4) is 0 Å². The highest BCUT2D eigenvalue weighted by Crippen LogP contribution is 2.26. The minimum absolute atomic E-state index is 0.311. The van der Waals surface area contributed by atoms with Gasteiger partial charge in [0.1, 0.15) is 0 Å². The fourth-order valence-corrected chi connectivity index (χ4v) is 3.38. The summed E-state index contributed by atoms with van der Waals surface area (Å²) in [6.45, 7) is 2.29. The van der Waals surface area contributed by atoms with Gasteiger partial charge < -0.3 is 5.32 Å². The maximum Gasteiger partial charge on any atom is 0.223 e. The summed E-state index contributed by atoms with van der Waals surface area (Å²) < 4.78 is 0. The zero-order valence-electron chi connectivity index (χ0n) is 11.2. The SMILES string of the molecule is CC1CCC(NC(=O)C2CCCCCCC2)C1. The topological polar surface area (TPSA) is 29.1 Å². The van der Waals surface area contributed by atoms with Crippen LogP contribution in [0.5, 0.6) is 0 Å². The van der Waals surface area contributed by atoms with Crippen LogP contribution in [0, 0.1) is 11.8 Å². The van der Waals surface area contributed by atoms with Crippen molar-refractivity contribution >= 4 is 5.91 Å². The lowest BCUT2D eigenvalue weighted by Gasteiger charge is -2.21. The Hall–Kier alpha value is -0.530. The second-order valence-electron chi connectivity index (χ2n) is 6.17. The Morgan fingerprint density at radius 1 is 0.941 bits per heavy atom. The molecule has 2 aliphatic rings. The third-order valence-corrected chi connectivity index (χ3v) is 4.52. The van der Waals surface area contributed by atoms with Gasteiger partial charge in [-0.3, -0.25) is 4.79 Å². The van der Waals surface area contributed by atoms with Crippen molar-refractivity contribution in [2.75, 3.05) is 0 Å². The van der Waals surface area contributed by atoms with Crippen LogP contribution in [0.1, 0.15) is 71.1 Å². The minimum Gasteiger partial charge on any atom is -0.353 e. The molecule has 0 aromatic rings. The number of amides is 1. The maximum absolute atomic E-state index is 12.2. The van der Waals surface area contributed by atoms with Gasteiger partial charge in [0.05, 0.1) is 0 Å². The second kappa shape index (κ2) is 6.42. The molecule has 98 valence electrons. The molecule has 2 fully saturated rings. The molecule has 0 spiro atoms. The molecule has 2 atom stereocenters. The lowest BCUT2D eigenvalue weighted by Crippen LogP contribution is -2.37. The summed E-state index contributed by atoms with van der Waals surface area (Å²) in [6, 6.07) is 0.475. The largest absolute Gasteiger partial charge is 0.353 e. The number of rotatable bonds is 2. The van der Waals surface area contributed by atoms with E-state index in [2.05, 4.69) is 12.2 Å². The van der Waals surface area contributed by atoms with Crippen molar-refractivity contribution in [2.45, 2.75) is 77.2 Å². The van der Waals surface area contributed by atoms with Crippen LogP contribution in [0.15, 0.2) is 0 Å². The van der Waals surface area contributed by atoms with E-state index in [0.29, 0.717) is 17.9 Å². The molecule has 0 radical (unpaired) electrons. The van der Waals surface area contributed by atoms with Gasteiger partial charge in [0.15, 0.2) is 0 Å². The molecule has 2 rings (SSSR count). The van der Waals surface area contributed by atoms with Gasteiger partial charge in [0.25, 0.3) is 0 Å². The average Bonchev–Trinajstić information content (AvgIpc) is 2.63. The van der Waals surface area contributed by atoms with Crippen molar-refractivity contribution in [1.82, 2.24) is 5.32 Å². The summed E-state index contributed by atoms with van der Waals surface area (Å²) in [4.78, 5) is 12.2. The predicted octanol–water partition coefficient (Wildman–Crippen LogP) is 3.65. The van der Waals surface area contributed by atoms with E-state index < -0.39 is 0 Å². The van der Waals surface area contributed by atoms with E-state index in [-0.39, 0.29) is 0 Å². The van der Waals surface area contributed by atoms with Gasteiger partial charge in [-0.2, -0.15) is 0 Å². The Morgan fingerprint density at radius 2 is 1.59 bits per heavy atom. The van der Waals surface area contributed by atoms with Crippen LogP contribution in [0.2, 0.25) is 0 Å². The maximum atomic E-state index is 12.2. The zero-order chi connectivity index (χ0) is 12.1. The molecular formula is C15H27NO. The molecule has 2 heteroatoms. The molecule has 0 saturated heterocycles. The van der Waals surface area contributed by atoms with Crippen molar-refractivity contribution in [1.29, 1.82) is 0 Å². The van der Waals surface area contributed by atoms with Gasteiger partial charge >= 0.3 is 0 Å². The summed E-state index contributed by atoms with van der Waals surface area (Å²) in [7, 11) is 0. The van der Waals surface area contributed by atoms with Gasteiger partial charge in [0, 0.05) is 12.0 Å². The molecule has 0 bridgehead atoms. The van der Waals surface area contributed by atoms with Crippen molar-refractivity contribution in [2.24, 2.45) is 11.8 Å². The predicted molar refractivity (Wildman–Crippen MR) is 70.8 cm³/mol. The first-order valence-electron chi connectivity index (χ1n) is 7.56. The summed E-state index contributed by atoms with van der Waals surface area (Å²) in [5.41, 5.74) is 0. The average molecular weight is 237 g/mol.